The molecule has 0 heterocycles. The van der Waals surface area contributed by atoms with E-state index in [9.17, 15) is 0 Å². The van der Waals surface area contributed by atoms with Crippen LogP contribution in [0, 0.1) is 24.3 Å². The van der Waals surface area contributed by atoms with Crippen molar-refractivity contribution in [2.24, 2.45) is 0 Å². The first kappa shape index (κ1) is 39.4. The summed E-state index contributed by atoms with van der Waals surface area (Å²) in [5, 5.41) is 0. The predicted octanol–water partition coefficient (Wildman–Crippen LogP) is 12.5. The van der Waals surface area contributed by atoms with E-state index in [0.29, 0.717) is 0 Å². The van der Waals surface area contributed by atoms with Gasteiger partial charge in [0.1, 0.15) is 0 Å². The van der Waals surface area contributed by atoms with E-state index in [4.69, 9.17) is 0 Å². The molecule has 4 aliphatic rings. The monoisotopic (exact) mass is 732 g/mol. The summed E-state index contributed by atoms with van der Waals surface area (Å²) in [5.74, 6) is 0. The summed E-state index contributed by atoms with van der Waals surface area (Å²) in [6, 6.07) is 31.9. The van der Waals surface area contributed by atoms with Crippen LogP contribution in [0.3, 0.4) is 0 Å². The van der Waals surface area contributed by atoms with Gasteiger partial charge in [-0.15, -0.1) is 18.1 Å². The molecule has 0 N–H and O–H groups in total. The normalized spacial score (nSPS) is 15.8. The van der Waals surface area contributed by atoms with Crippen LogP contribution < -0.4 is 0 Å². The van der Waals surface area contributed by atoms with Gasteiger partial charge in [0, 0.05) is 5.41 Å². The summed E-state index contributed by atoms with van der Waals surface area (Å²) in [6.07, 6.45) is 21.4. The molecule has 1 heteroatoms. The number of hydrogen-bond donors (Lipinski definition) is 0. The van der Waals surface area contributed by atoms with Crippen molar-refractivity contribution in [3.8, 4) is 11.1 Å². The van der Waals surface area contributed by atoms with Crippen LogP contribution in [0.1, 0.15) is 120 Å². The minimum absolute atomic E-state index is 0.0472. The van der Waals surface area contributed by atoms with Crippen LogP contribution in [-0.4, -0.2) is 4.21 Å². The average Bonchev–Trinajstić information content (AvgIpc) is 3.89. The molecular formula is C49H54Zr-4. The summed E-state index contributed by atoms with van der Waals surface area (Å²) in [6.45, 7) is 22.4. The number of allylic oxidation sites excluding steroid dienone is 6. The molecule has 8 rings (SSSR count). The molecule has 0 saturated heterocycles. The molecule has 0 saturated carbocycles. The molecule has 4 aromatic carbocycles. The molecule has 0 radical (unpaired) electrons. The van der Waals surface area contributed by atoms with Crippen LogP contribution in [0.2, 0.25) is 0 Å². The number of rotatable bonds is 0. The average molecular weight is 734 g/mol. The van der Waals surface area contributed by atoms with Crippen LogP contribution in [0.15, 0.2) is 97.1 Å². The van der Waals surface area contributed by atoms with E-state index >= 15 is 0 Å². The third-order valence-corrected chi connectivity index (χ3v) is 9.61. The Morgan fingerprint density at radius 2 is 1.18 bits per heavy atom. The van der Waals surface area contributed by atoms with Crippen molar-refractivity contribution in [2.45, 2.75) is 104 Å². The fraction of sp³-hybridized carbons (Fsp3) is 0.327. The molecule has 0 bridgehead atoms. The van der Waals surface area contributed by atoms with E-state index in [0.717, 1.165) is 12.8 Å². The molecule has 4 aromatic rings. The Hall–Kier alpha value is -3.41. The Morgan fingerprint density at radius 1 is 0.680 bits per heavy atom. The summed E-state index contributed by atoms with van der Waals surface area (Å²) >= 11 is 1.30. The number of hydrogen-bond acceptors (Lipinski definition) is 0. The van der Waals surface area contributed by atoms with Crippen molar-refractivity contribution < 1.29 is 24.2 Å². The van der Waals surface area contributed by atoms with Crippen molar-refractivity contribution in [3.05, 3.63) is 166 Å². The van der Waals surface area contributed by atoms with Crippen LogP contribution in [0.4, 0.5) is 0 Å². The predicted molar refractivity (Wildman–Crippen MR) is 214 cm³/mol. The summed E-state index contributed by atoms with van der Waals surface area (Å²) in [5.41, 5.74) is 15.0. The standard InChI is InChI=1S/C23H21.2C10H13.C5H5.CH2.Zr/c1-22(2)7-5-14-10-18-16(12-20(14)22)9-17-13-21-15(11-19(17)18)6-8-23(21,3)4;2*1-10(2,3)9-7-5-4-6-8-9;1-2-4-5-3-1;;/h5-7,10-13H,9H2,1-4H3;2*5-8H,1-3H3;1-3H,4H2;1H2;/q4*-1;;. The maximum absolute atomic E-state index is 3.50. The third-order valence-electron chi connectivity index (χ3n) is 9.61. The molecule has 0 atom stereocenters. The van der Waals surface area contributed by atoms with Crippen molar-refractivity contribution >= 4 is 16.4 Å². The molecule has 0 fully saturated rings. The second-order valence-electron chi connectivity index (χ2n) is 16.4. The van der Waals surface area contributed by atoms with Gasteiger partial charge in [-0.25, -0.2) is 18.2 Å². The first-order chi connectivity index (χ1) is 23.6. The first-order valence-electron chi connectivity index (χ1n) is 17.7. The van der Waals surface area contributed by atoms with Crippen molar-refractivity contribution in [1.29, 1.82) is 0 Å². The fourth-order valence-corrected chi connectivity index (χ4v) is 6.52. The van der Waals surface area contributed by atoms with Gasteiger partial charge in [0.05, 0.1) is 0 Å². The molecule has 258 valence electrons. The van der Waals surface area contributed by atoms with Crippen molar-refractivity contribution in [2.75, 3.05) is 0 Å². The fourth-order valence-electron chi connectivity index (χ4n) is 6.52. The van der Waals surface area contributed by atoms with Gasteiger partial charge < -0.3 is 0 Å². The SMILES string of the molecule is CC(C)(C)c1cc[c-]cc1.CC(C)(C)c1cc[c-]cc1.CC1(C)[C-]=Cc2cc3c(cc21)Cc1cc2c(cc1-3)C=CC2(C)C.[C-]1=CC=CC1.[CH2]=[Zr]. The molecule has 0 spiro atoms. The summed E-state index contributed by atoms with van der Waals surface area (Å²) in [7, 11) is 0. The molecular weight excluding hydrogens is 680 g/mol. The minimum atomic E-state index is 0.0472. The van der Waals surface area contributed by atoms with Crippen LogP contribution in [0.25, 0.3) is 23.3 Å². The van der Waals surface area contributed by atoms with Crippen molar-refractivity contribution in [1.82, 2.24) is 0 Å². The van der Waals surface area contributed by atoms with Gasteiger partial charge in [-0.05, 0) is 56.7 Å². The quantitative estimate of drug-likeness (QED) is 0.139. The molecule has 0 amide bonds. The zero-order valence-electron chi connectivity index (χ0n) is 32.0. The van der Waals surface area contributed by atoms with Gasteiger partial charge in [0.15, 0.2) is 0 Å². The van der Waals surface area contributed by atoms with E-state index in [1.54, 1.807) is 0 Å². The Balaban J connectivity index is 0.000000173. The zero-order chi connectivity index (χ0) is 36.7. The topological polar surface area (TPSA) is 0 Å². The Kier molecular flexibility index (Phi) is 12.8. The van der Waals surface area contributed by atoms with Crippen LogP contribution in [0.5, 0.6) is 0 Å². The van der Waals surface area contributed by atoms with E-state index < -0.39 is 0 Å². The van der Waals surface area contributed by atoms with Gasteiger partial charge in [0.25, 0.3) is 0 Å². The second kappa shape index (κ2) is 16.3. The molecule has 0 aromatic heterocycles. The van der Waals surface area contributed by atoms with Gasteiger partial charge in [-0.3, -0.25) is 12.2 Å². The molecule has 4 aliphatic carbocycles. The van der Waals surface area contributed by atoms with Gasteiger partial charge in [-0.1, -0.05) is 98.9 Å². The maximum atomic E-state index is 3.50. The van der Waals surface area contributed by atoms with Gasteiger partial charge in [0.2, 0.25) is 0 Å². The second-order valence-corrected chi connectivity index (χ2v) is 16.4. The first-order valence-corrected chi connectivity index (χ1v) is 19.5. The van der Waals surface area contributed by atoms with Crippen LogP contribution in [-0.2, 0) is 52.3 Å². The van der Waals surface area contributed by atoms with Crippen LogP contribution >= 0.6 is 0 Å². The summed E-state index contributed by atoms with van der Waals surface area (Å²) in [4.78, 5) is 0. The molecule has 0 unspecified atom stereocenters. The van der Waals surface area contributed by atoms with Gasteiger partial charge in [-0.2, -0.15) is 83.4 Å². The number of fused-ring (bicyclic) bond motifs is 5. The van der Waals surface area contributed by atoms with E-state index in [-0.39, 0.29) is 21.7 Å². The zero-order valence-corrected chi connectivity index (χ0v) is 34.5. The van der Waals surface area contributed by atoms with Gasteiger partial charge >= 0.3 is 28.4 Å². The molecule has 50 heavy (non-hydrogen) atoms. The molecule has 0 nitrogen and oxygen atoms in total. The Labute approximate surface area is 319 Å². The molecule has 0 aliphatic heterocycles. The Morgan fingerprint density at radius 3 is 1.60 bits per heavy atom. The Bertz CT molecular complexity index is 1730. The van der Waals surface area contributed by atoms with E-state index in [1.807, 2.05) is 36.4 Å². The third kappa shape index (κ3) is 9.67. The van der Waals surface area contributed by atoms with Crippen molar-refractivity contribution in [3.63, 3.8) is 0 Å². The summed E-state index contributed by atoms with van der Waals surface area (Å²) < 4.78 is 3.34. The van der Waals surface area contributed by atoms with E-state index in [1.165, 1.54) is 79.9 Å². The number of benzene rings is 4. The van der Waals surface area contributed by atoms with E-state index in [2.05, 4.69) is 171 Å².